The van der Waals surface area contributed by atoms with Gasteiger partial charge in [0.05, 0.1) is 20.8 Å². The third-order valence-corrected chi connectivity index (χ3v) is 4.63. The summed E-state index contributed by atoms with van der Waals surface area (Å²) >= 11 is 0. The third kappa shape index (κ3) is 6.52. The van der Waals surface area contributed by atoms with Gasteiger partial charge in [0.2, 0.25) is 5.91 Å². The van der Waals surface area contributed by atoms with E-state index < -0.39 is 0 Å². The second-order valence-electron chi connectivity index (χ2n) is 7.79. The second kappa shape index (κ2) is 9.96. The third-order valence-electron chi connectivity index (χ3n) is 4.63. The van der Waals surface area contributed by atoms with Crippen molar-refractivity contribution in [3.8, 4) is 11.5 Å². The number of carbonyl (C=O) groups excluding carboxylic acids is 2. The van der Waals surface area contributed by atoms with Gasteiger partial charge in [0, 0.05) is 12.1 Å². The number of amides is 2. The molecular weight excluding hydrogens is 368 g/mol. The van der Waals surface area contributed by atoms with Gasteiger partial charge < -0.3 is 20.1 Å². The van der Waals surface area contributed by atoms with Crippen LogP contribution in [0.1, 0.15) is 42.3 Å². The maximum Gasteiger partial charge on any atom is 0.251 e. The summed E-state index contributed by atoms with van der Waals surface area (Å²) in [6.45, 7) is 6.71. The molecule has 2 N–H and O–H groups in total. The van der Waals surface area contributed by atoms with Crippen LogP contribution in [0.25, 0.3) is 0 Å². The monoisotopic (exact) mass is 398 g/mol. The van der Waals surface area contributed by atoms with Gasteiger partial charge in [-0.15, -0.1) is 0 Å². The molecule has 6 heteroatoms. The van der Waals surface area contributed by atoms with E-state index in [2.05, 4.69) is 31.4 Å². The molecular formula is C23H30N2O4. The fraction of sp³-hybridized carbons (Fsp3) is 0.391. The molecule has 0 bridgehead atoms. The average Bonchev–Trinajstić information content (AvgIpc) is 2.71. The first-order chi connectivity index (χ1) is 13.7. The molecule has 2 amide bonds. The number of methoxy groups -OCH3 is 2. The number of hydrogen-bond donors (Lipinski definition) is 2. The Kier molecular flexibility index (Phi) is 7.65. The van der Waals surface area contributed by atoms with E-state index in [9.17, 15) is 9.59 Å². The van der Waals surface area contributed by atoms with Crippen LogP contribution in [0.4, 0.5) is 0 Å². The fourth-order valence-electron chi connectivity index (χ4n) is 2.86. The molecule has 0 spiro atoms. The van der Waals surface area contributed by atoms with Crippen molar-refractivity contribution >= 4 is 11.8 Å². The lowest BCUT2D eigenvalue weighted by atomic mass is 9.87. The van der Waals surface area contributed by atoms with Crippen molar-refractivity contribution in [2.45, 2.75) is 32.6 Å². The van der Waals surface area contributed by atoms with Gasteiger partial charge in [-0.25, -0.2) is 0 Å². The van der Waals surface area contributed by atoms with E-state index in [4.69, 9.17) is 9.47 Å². The summed E-state index contributed by atoms with van der Waals surface area (Å²) in [6.07, 6.45) is 0.592. The Labute approximate surface area is 172 Å². The Morgan fingerprint density at radius 1 is 0.931 bits per heavy atom. The zero-order valence-electron chi connectivity index (χ0n) is 17.8. The van der Waals surface area contributed by atoms with E-state index in [-0.39, 0.29) is 23.8 Å². The number of benzene rings is 2. The van der Waals surface area contributed by atoms with Gasteiger partial charge >= 0.3 is 0 Å². The molecule has 156 valence electrons. The minimum Gasteiger partial charge on any atom is -0.497 e. The van der Waals surface area contributed by atoms with Crippen LogP contribution in [-0.2, 0) is 16.6 Å². The quantitative estimate of drug-likeness (QED) is 0.716. The average molecular weight is 399 g/mol. The number of rotatable bonds is 8. The molecule has 0 aliphatic heterocycles. The molecule has 0 saturated heterocycles. The Balaban J connectivity index is 1.81. The van der Waals surface area contributed by atoms with E-state index in [0.29, 0.717) is 18.5 Å². The Bertz CT molecular complexity index is 839. The highest BCUT2D eigenvalue weighted by Gasteiger charge is 2.14. The zero-order chi connectivity index (χ0) is 21.4. The van der Waals surface area contributed by atoms with Crippen LogP contribution in [0.2, 0.25) is 0 Å². The molecule has 2 aromatic carbocycles. The molecule has 0 heterocycles. The van der Waals surface area contributed by atoms with E-state index >= 15 is 0 Å². The summed E-state index contributed by atoms with van der Waals surface area (Å²) in [4.78, 5) is 24.3. The SMILES string of the molecule is COc1ccc(OC)c(CCNC(=O)CNC(=O)c2ccc(C(C)(C)C)cc2)c1. The van der Waals surface area contributed by atoms with Crippen LogP contribution >= 0.6 is 0 Å². The highest BCUT2D eigenvalue weighted by molar-refractivity contribution is 5.96. The molecule has 29 heavy (non-hydrogen) atoms. The number of nitrogens with one attached hydrogen (secondary N) is 2. The van der Waals surface area contributed by atoms with Crippen LogP contribution in [-0.4, -0.2) is 39.1 Å². The summed E-state index contributed by atoms with van der Waals surface area (Å²) in [6, 6.07) is 13.0. The first-order valence-corrected chi connectivity index (χ1v) is 9.61. The van der Waals surface area contributed by atoms with Gasteiger partial charge in [0.25, 0.3) is 5.91 Å². The highest BCUT2D eigenvalue weighted by atomic mass is 16.5. The number of hydrogen-bond acceptors (Lipinski definition) is 4. The molecule has 0 saturated carbocycles. The van der Waals surface area contributed by atoms with Crippen molar-refractivity contribution in [1.82, 2.24) is 10.6 Å². The molecule has 0 aromatic heterocycles. The van der Waals surface area contributed by atoms with Crippen molar-refractivity contribution in [3.05, 3.63) is 59.2 Å². The van der Waals surface area contributed by atoms with Crippen molar-refractivity contribution in [3.63, 3.8) is 0 Å². The maximum atomic E-state index is 12.2. The molecule has 2 rings (SSSR count). The van der Waals surface area contributed by atoms with Gasteiger partial charge in [-0.05, 0) is 53.3 Å². The Morgan fingerprint density at radius 2 is 1.62 bits per heavy atom. The Morgan fingerprint density at radius 3 is 2.21 bits per heavy atom. The molecule has 0 radical (unpaired) electrons. The van der Waals surface area contributed by atoms with Crippen LogP contribution in [0.5, 0.6) is 11.5 Å². The standard InChI is InChI=1S/C23H30N2O4/c1-23(2,3)18-8-6-16(7-9-18)22(27)25-15-21(26)24-13-12-17-14-19(28-4)10-11-20(17)29-5/h6-11,14H,12-13,15H2,1-5H3,(H,24,26)(H,25,27). The molecule has 0 atom stereocenters. The van der Waals surface area contributed by atoms with Crippen molar-refractivity contribution in [2.24, 2.45) is 0 Å². The smallest absolute Gasteiger partial charge is 0.251 e. The highest BCUT2D eigenvalue weighted by Crippen LogP contribution is 2.24. The molecule has 0 aliphatic rings. The van der Waals surface area contributed by atoms with Crippen LogP contribution in [0.3, 0.4) is 0 Å². The van der Waals surface area contributed by atoms with Crippen molar-refractivity contribution in [2.75, 3.05) is 27.3 Å². The fourth-order valence-corrected chi connectivity index (χ4v) is 2.86. The summed E-state index contributed by atoms with van der Waals surface area (Å²) < 4.78 is 10.6. The van der Waals surface area contributed by atoms with E-state index in [1.807, 2.05) is 30.3 Å². The predicted molar refractivity (Wildman–Crippen MR) is 114 cm³/mol. The normalized spacial score (nSPS) is 10.9. The van der Waals surface area contributed by atoms with Gasteiger partial charge in [0.15, 0.2) is 0 Å². The lowest BCUT2D eigenvalue weighted by molar-refractivity contribution is -0.120. The summed E-state index contributed by atoms with van der Waals surface area (Å²) in [5, 5.41) is 5.46. The van der Waals surface area contributed by atoms with Gasteiger partial charge in [-0.2, -0.15) is 0 Å². The van der Waals surface area contributed by atoms with Gasteiger partial charge in [-0.3, -0.25) is 9.59 Å². The van der Waals surface area contributed by atoms with Gasteiger partial charge in [0.1, 0.15) is 11.5 Å². The van der Waals surface area contributed by atoms with Crippen molar-refractivity contribution in [1.29, 1.82) is 0 Å². The molecule has 0 aliphatic carbocycles. The van der Waals surface area contributed by atoms with Gasteiger partial charge in [-0.1, -0.05) is 32.9 Å². The Hall–Kier alpha value is -3.02. The largest absolute Gasteiger partial charge is 0.497 e. The predicted octanol–water partition coefficient (Wildman–Crippen LogP) is 3.09. The first-order valence-electron chi connectivity index (χ1n) is 9.61. The lowest BCUT2D eigenvalue weighted by Gasteiger charge is -2.19. The second-order valence-corrected chi connectivity index (χ2v) is 7.79. The number of carbonyl (C=O) groups is 2. The minimum absolute atomic E-state index is 0.0281. The lowest BCUT2D eigenvalue weighted by Crippen LogP contribution is -2.37. The van der Waals surface area contributed by atoms with Crippen LogP contribution < -0.4 is 20.1 Å². The summed E-state index contributed by atoms with van der Waals surface area (Å²) in [5.74, 6) is 0.963. The van der Waals surface area contributed by atoms with E-state index in [0.717, 1.165) is 22.6 Å². The first kappa shape index (κ1) is 22.3. The van der Waals surface area contributed by atoms with Crippen LogP contribution in [0, 0.1) is 0 Å². The van der Waals surface area contributed by atoms with E-state index in [1.165, 1.54) is 0 Å². The maximum absolute atomic E-state index is 12.2. The zero-order valence-corrected chi connectivity index (χ0v) is 17.8. The summed E-state index contributed by atoms with van der Waals surface area (Å²) in [7, 11) is 3.21. The summed E-state index contributed by atoms with van der Waals surface area (Å²) in [5.41, 5.74) is 2.65. The van der Waals surface area contributed by atoms with Crippen molar-refractivity contribution < 1.29 is 19.1 Å². The van der Waals surface area contributed by atoms with Crippen LogP contribution in [0.15, 0.2) is 42.5 Å². The minimum atomic E-state index is -0.268. The molecule has 6 nitrogen and oxygen atoms in total. The number of ether oxygens (including phenoxy) is 2. The molecule has 2 aromatic rings. The van der Waals surface area contributed by atoms with E-state index in [1.54, 1.807) is 26.4 Å². The molecule has 0 unspecified atom stereocenters. The topological polar surface area (TPSA) is 76.7 Å². The molecule has 0 fully saturated rings.